The Bertz CT molecular complexity index is 1390. The van der Waals surface area contributed by atoms with Crippen molar-refractivity contribution in [3.05, 3.63) is 82.8 Å². The average Bonchev–Trinajstić information content (AvgIpc) is 3.48. The van der Waals surface area contributed by atoms with E-state index in [1.165, 1.54) is 18.9 Å². The van der Waals surface area contributed by atoms with Crippen molar-refractivity contribution < 1.29 is 28.5 Å². The number of carbonyl (C=O) groups excluding carboxylic acids is 2. The molecule has 0 aromatic heterocycles. The van der Waals surface area contributed by atoms with Gasteiger partial charge in [0.05, 0.1) is 18.6 Å². The molecule has 0 unspecified atom stereocenters. The van der Waals surface area contributed by atoms with Crippen LogP contribution in [-0.2, 0) is 16.1 Å². The smallest absolute Gasteiger partial charge is 0.266 e. The molecule has 8 nitrogen and oxygen atoms in total. The fourth-order valence-corrected chi connectivity index (χ4v) is 5.02. The summed E-state index contributed by atoms with van der Waals surface area (Å²) in [6, 6.07) is 19.9. The minimum Gasteiger partial charge on any atom is -0.493 e. The van der Waals surface area contributed by atoms with E-state index in [2.05, 4.69) is 5.32 Å². The molecule has 188 valence electrons. The lowest BCUT2D eigenvalue weighted by molar-refractivity contribution is -0.122. The van der Waals surface area contributed by atoms with E-state index in [0.717, 1.165) is 11.1 Å². The molecule has 0 aliphatic carbocycles. The van der Waals surface area contributed by atoms with Gasteiger partial charge < -0.3 is 24.3 Å². The summed E-state index contributed by atoms with van der Waals surface area (Å²) in [6.45, 7) is 0.347. The maximum absolute atomic E-state index is 13.1. The molecule has 0 saturated carbocycles. The van der Waals surface area contributed by atoms with Gasteiger partial charge >= 0.3 is 0 Å². The molecule has 2 aliphatic heterocycles. The number of ether oxygens (including phenoxy) is 4. The maximum atomic E-state index is 13.1. The Labute approximate surface area is 223 Å². The number of fused-ring (bicyclic) bond motifs is 1. The highest BCUT2D eigenvalue weighted by molar-refractivity contribution is 8.26. The van der Waals surface area contributed by atoms with Crippen molar-refractivity contribution in [2.75, 3.05) is 25.8 Å². The minimum absolute atomic E-state index is 0.176. The summed E-state index contributed by atoms with van der Waals surface area (Å²) < 4.78 is 22.4. The van der Waals surface area contributed by atoms with Crippen LogP contribution in [0.25, 0.3) is 6.08 Å². The van der Waals surface area contributed by atoms with E-state index in [1.54, 1.807) is 41.3 Å². The average molecular weight is 535 g/mol. The van der Waals surface area contributed by atoms with Crippen molar-refractivity contribution in [1.82, 2.24) is 4.90 Å². The largest absolute Gasteiger partial charge is 0.493 e. The number of anilines is 1. The molecule has 0 atom stereocenters. The molecule has 1 fully saturated rings. The number of carbonyl (C=O) groups is 2. The molecule has 3 aromatic rings. The van der Waals surface area contributed by atoms with Crippen LogP contribution in [-0.4, -0.2) is 41.5 Å². The first-order chi connectivity index (χ1) is 18.0. The fraction of sp³-hybridized carbons (Fsp3) is 0.148. The molecule has 0 radical (unpaired) electrons. The van der Waals surface area contributed by atoms with Crippen molar-refractivity contribution in [2.24, 2.45) is 0 Å². The van der Waals surface area contributed by atoms with Crippen molar-refractivity contribution in [3.8, 4) is 23.0 Å². The van der Waals surface area contributed by atoms with Crippen LogP contribution in [0.2, 0.25) is 0 Å². The highest BCUT2D eigenvalue weighted by atomic mass is 32.2. The van der Waals surface area contributed by atoms with Gasteiger partial charge in [0.25, 0.3) is 11.8 Å². The summed E-state index contributed by atoms with van der Waals surface area (Å²) in [6.07, 6.45) is 1.76. The number of hydrogen-bond acceptors (Lipinski definition) is 8. The van der Waals surface area contributed by atoms with Crippen LogP contribution in [0.15, 0.2) is 71.6 Å². The summed E-state index contributed by atoms with van der Waals surface area (Å²) in [4.78, 5) is 27.4. The Morgan fingerprint density at radius 2 is 1.89 bits per heavy atom. The molecule has 0 spiro atoms. The van der Waals surface area contributed by atoms with Gasteiger partial charge in [0, 0.05) is 5.69 Å². The SMILES string of the molecule is COc1cc(/C=C2\SC(=S)N(Cc3ccc4c(c3)OCO4)C2=O)ccc1OCC(=O)Nc1ccccc1. The number of amides is 2. The van der Waals surface area contributed by atoms with Crippen LogP contribution in [0.4, 0.5) is 5.69 Å². The number of nitrogens with one attached hydrogen (secondary N) is 1. The molecular weight excluding hydrogens is 512 g/mol. The molecule has 2 amide bonds. The summed E-state index contributed by atoms with van der Waals surface area (Å²) in [5.41, 5.74) is 2.32. The first-order valence-electron chi connectivity index (χ1n) is 11.3. The zero-order chi connectivity index (χ0) is 25.8. The second-order valence-corrected chi connectivity index (χ2v) is 9.74. The zero-order valence-electron chi connectivity index (χ0n) is 19.8. The second-order valence-electron chi connectivity index (χ2n) is 8.07. The summed E-state index contributed by atoms with van der Waals surface area (Å²) in [7, 11) is 1.51. The summed E-state index contributed by atoms with van der Waals surface area (Å²) >= 11 is 6.72. The quantitative estimate of drug-likeness (QED) is 0.325. The van der Waals surface area contributed by atoms with Gasteiger partial charge in [-0.1, -0.05) is 54.3 Å². The van der Waals surface area contributed by atoms with E-state index >= 15 is 0 Å². The number of thioether (sulfide) groups is 1. The van der Waals surface area contributed by atoms with E-state index in [-0.39, 0.29) is 25.2 Å². The van der Waals surface area contributed by atoms with Gasteiger partial charge in [0.2, 0.25) is 6.79 Å². The molecule has 5 rings (SSSR count). The third-order valence-electron chi connectivity index (χ3n) is 5.55. The standard InChI is InChI=1S/C27H22N2O6S2/c1-32-22-11-17(7-9-20(22)33-15-25(30)28-19-5-3-2-4-6-19)13-24-26(31)29(27(36)37-24)14-18-8-10-21-23(12-18)35-16-34-21/h2-13H,14-16H2,1H3,(H,28,30)/b24-13-. The van der Waals surface area contributed by atoms with E-state index in [0.29, 0.717) is 44.5 Å². The van der Waals surface area contributed by atoms with Crippen molar-refractivity contribution in [2.45, 2.75) is 6.54 Å². The van der Waals surface area contributed by atoms with Crippen LogP contribution in [0.1, 0.15) is 11.1 Å². The van der Waals surface area contributed by atoms with Gasteiger partial charge in [-0.3, -0.25) is 14.5 Å². The lowest BCUT2D eigenvalue weighted by atomic mass is 10.1. The zero-order valence-corrected chi connectivity index (χ0v) is 21.4. The molecule has 2 aliphatic rings. The van der Waals surface area contributed by atoms with Crippen molar-refractivity contribution in [1.29, 1.82) is 0 Å². The number of rotatable bonds is 8. The first kappa shape index (κ1) is 24.7. The second kappa shape index (κ2) is 10.9. The summed E-state index contributed by atoms with van der Waals surface area (Å²) in [5.74, 6) is 1.74. The van der Waals surface area contributed by atoms with Crippen LogP contribution in [0.5, 0.6) is 23.0 Å². The van der Waals surface area contributed by atoms with E-state index in [1.807, 2.05) is 36.4 Å². The summed E-state index contributed by atoms with van der Waals surface area (Å²) in [5, 5.41) is 2.77. The highest BCUT2D eigenvalue weighted by Crippen LogP contribution is 2.37. The molecule has 1 N–H and O–H groups in total. The number of hydrogen-bond donors (Lipinski definition) is 1. The van der Waals surface area contributed by atoms with Crippen LogP contribution in [0, 0.1) is 0 Å². The Balaban J connectivity index is 1.24. The van der Waals surface area contributed by atoms with Crippen LogP contribution in [0.3, 0.4) is 0 Å². The number of methoxy groups -OCH3 is 1. The lowest BCUT2D eigenvalue weighted by Crippen LogP contribution is -2.27. The monoisotopic (exact) mass is 534 g/mol. The van der Waals surface area contributed by atoms with Crippen molar-refractivity contribution in [3.63, 3.8) is 0 Å². The number of nitrogens with zero attached hydrogens (tertiary/aromatic N) is 1. The Hall–Kier alpha value is -4.02. The lowest BCUT2D eigenvalue weighted by Gasteiger charge is -2.14. The topological polar surface area (TPSA) is 86.3 Å². The van der Waals surface area contributed by atoms with Crippen LogP contribution >= 0.6 is 24.0 Å². The van der Waals surface area contributed by atoms with Gasteiger partial charge in [-0.2, -0.15) is 0 Å². The van der Waals surface area contributed by atoms with Crippen molar-refractivity contribution >= 4 is 51.9 Å². The van der Waals surface area contributed by atoms with Gasteiger partial charge in [-0.15, -0.1) is 0 Å². The Morgan fingerprint density at radius 3 is 2.70 bits per heavy atom. The van der Waals surface area contributed by atoms with E-state index in [4.69, 9.17) is 31.2 Å². The molecule has 37 heavy (non-hydrogen) atoms. The van der Waals surface area contributed by atoms with Gasteiger partial charge in [0.15, 0.2) is 29.6 Å². The third-order valence-corrected chi connectivity index (χ3v) is 6.93. The van der Waals surface area contributed by atoms with Gasteiger partial charge in [-0.05, 0) is 53.6 Å². The molecule has 1 saturated heterocycles. The van der Waals surface area contributed by atoms with Crippen LogP contribution < -0.4 is 24.3 Å². The maximum Gasteiger partial charge on any atom is 0.266 e. The molecular formula is C27H22N2O6S2. The number of thiocarbonyl (C=S) groups is 1. The molecule has 3 aromatic carbocycles. The number of benzene rings is 3. The number of para-hydroxylation sites is 1. The predicted molar refractivity (Wildman–Crippen MR) is 145 cm³/mol. The van der Waals surface area contributed by atoms with Gasteiger partial charge in [-0.25, -0.2) is 0 Å². The normalized spacial score (nSPS) is 15.3. The minimum atomic E-state index is -0.288. The van der Waals surface area contributed by atoms with E-state index in [9.17, 15) is 9.59 Å². The third kappa shape index (κ3) is 5.71. The molecule has 10 heteroatoms. The molecule has 0 bridgehead atoms. The Kier molecular flexibility index (Phi) is 7.29. The first-order valence-corrected chi connectivity index (χ1v) is 12.5. The predicted octanol–water partition coefficient (Wildman–Crippen LogP) is 4.84. The molecule has 2 heterocycles. The van der Waals surface area contributed by atoms with E-state index < -0.39 is 0 Å². The highest BCUT2D eigenvalue weighted by Gasteiger charge is 2.32. The van der Waals surface area contributed by atoms with Gasteiger partial charge in [0.1, 0.15) is 4.32 Å². The fourth-order valence-electron chi connectivity index (χ4n) is 3.76. The Morgan fingerprint density at radius 1 is 1.08 bits per heavy atom.